The minimum Gasteiger partial charge on any atom is -0.444 e. The van der Waals surface area contributed by atoms with Crippen LogP contribution in [0.3, 0.4) is 0 Å². The summed E-state index contributed by atoms with van der Waals surface area (Å²) in [7, 11) is 0. The van der Waals surface area contributed by atoms with Gasteiger partial charge in [0.05, 0.1) is 0 Å². The number of carbonyl (C=O) groups excluding carboxylic acids is 1. The standard InChI is InChI=1S/C17H34N2O2/c1-7-19(16(20)21-17(4,5)6)12-11-18-15-13(2)9-8-10-14(15)3/h13-15,18H,7-12H2,1-6H3. The van der Waals surface area contributed by atoms with Crippen LogP contribution in [-0.2, 0) is 4.74 Å². The molecule has 1 N–H and O–H groups in total. The molecule has 0 heterocycles. The summed E-state index contributed by atoms with van der Waals surface area (Å²) in [5.41, 5.74) is -0.426. The fourth-order valence-electron chi connectivity index (χ4n) is 3.16. The molecule has 2 atom stereocenters. The maximum Gasteiger partial charge on any atom is 0.410 e. The molecule has 0 aromatic rings. The molecule has 1 rings (SSSR count). The largest absolute Gasteiger partial charge is 0.444 e. The third-order valence-corrected chi connectivity index (χ3v) is 4.34. The molecule has 1 aliphatic rings. The molecule has 0 aliphatic heterocycles. The number of likely N-dealkylation sites (N-methyl/N-ethyl adjacent to an activating group) is 1. The van der Waals surface area contributed by atoms with Gasteiger partial charge in [-0.2, -0.15) is 0 Å². The van der Waals surface area contributed by atoms with E-state index in [1.165, 1.54) is 19.3 Å². The molecule has 4 nitrogen and oxygen atoms in total. The Bertz CT molecular complexity index is 315. The van der Waals surface area contributed by atoms with Gasteiger partial charge in [0.2, 0.25) is 0 Å². The monoisotopic (exact) mass is 298 g/mol. The van der Waals surface area contributed by atoms with E-state index in [9.17, 15) is 4.79 Å². The highest BCUT2D eigenvalue weighted by atomic mass is 16.6. The molecule has 0 radical (unpaired) electrons. The van der Waals surface area contributed by atoms with Gasteiger partial charge in [0.25, 0.3) is 0 Å². The van der Waals surface area contributed by atoms with Crippen LogP contribution in [0.2, 0.25) is 0 Å². The number of nitrogens with zero attached hydrogens (tertiary/aromatic N) is 1. The van der Waals surface area contributed by atoms with Crippen LogP contribution in [0.4, 0.5) is 4.79 Å². The molecule has 0 spiro atoms. The molecular formula is C17H34N2O2. The summed E-state index contributed by atoms with van der Waals surface area (Å²) in [6.07, 6.45) is 3.76. The van der Waals surface area contributed by atoms with Gasteiger partial charge in [0.1, 0.15) is 5.60 Å². The third kappa shape index (κ3) is 6.25. The lowest BCUT2D eigenvalue weighted by Gasteiger charge is -2.36. The molecule has 0 bridgehead atoms. The molecule has 0 saturated heterocycles. The fraction of sp³-hybridized carbons (Fsp3) is 0.941. The zero-order valence-corrected chi connectivity index (χ0v) is 14.7. The van der Waals surface area contributed by atoms with Gasteiger partial charge in [-0.05, 0) is 52.4 Å². The summed E-state index contributed by atoms with van der Waals surface area (Å²) in [6, 6.07) is 0.580. The predicted octanol–water partition coefficient (Wildman–Crippen LogP) is 3.66. The number of hydrogen-bond donors (Lipinski definition) is 1. The molecule has 124 valence electrons. The van der Waals surface area contributed by atoms with Gasteiger partial charge in [-0.1, -0.05) is 20.3 Å². The maximum absolute atomic E-state index is 12.1. The molecule has 1 saturated carbocycles. The highest BCUT2D eigenvalue weighted by Crippen LogP contribution is 2.28. The van der Waals surface area contributed by atoms with Crippen molar-refractivity contribution in [2.75, 3.05) is 19.6 Å². The minimum absolute atomic E-state index is 0.212. The third-order valence-electron chi connectivity index (χ3n) is 4.34. The van der Waals surface area contributed by atoms with E-state index in [2.05, 4.69) is 19.2 Å². The molecule has 1 amide bonds. The fourth-order valence-corrected chi connectivity index (χ4v) is 3.16. The lowest BCUT2D eigenvalue weighted by Crippen LogP contribution is -2.47. The van der Waals surface area contributed by atoms with Crippen molar-refractivity contribution in [2.24, 2.45) is 11.8 Å². The second kappa shape index (κ2) is 8.02. The average molecular weight is 298 g/mol. The Kier molecular flexibility index (Phi) is 6.98. The Hall–Kier alpha value is -0.770. The zero-order chi connectivity index (χ0) is 16.0. The summed E-state index contributed by atoms with van der Waals surface area (Å²) >= 11 is 0. The van der Waals surface area contributed by atoms with Crippen molar-refractivity contribution in [1.82, 2.24) is 10.2 Å². The van der Waals surface area contributed by atoms with Crippen molar-refractivity contribution in [3.63, 3.8) is 0 Å². The smallest absolute Gasteiger partial charge is 0.410 e. The van der Waals surface area contributed by atoms with Gasteiger partial charge in [0.15, 0.2) is 0 Å². The zero-order valence-electron chi connectivity index (χ0n) is 14.7. The Labute approximate surface area is 130 Å². The van der Waals surface area contributed by atoms with E-state index in [1.807, 2.05) is 27.7 Å². The number of nitrogens with one attached hydrogen (secondary N) is 1. The van der Waals surface area contributed by atoms with E-state index >= 15 is 0 Å². The molecule has 0 aromatic heterocycles. The molecule has 4 heteroatoms. The van der Waals surface area contributed by atoms with Gasteiger partial charge in [0, 0.05) is 25.7 Å². The number of hydrogen-bond acceptors (Lipinski definition) is 3. The van der Waals surface area contributed by atoms with Gasteiger partial charge in [-0.3, -0.25) is 0 Å². The average Bonchev–Trinajstić information content (AvgIpc) is 2.35. The molecule has 0 aromatic carbocycles. The highest BCUT2D eigenvalue weighted by Gasteiger charge is 2.27. The first-order valence-corrected chi connectivity index (χ1v) is 8.46. The second-order valence-electron chi connectivity index (χ2n) is 7.43. The van der Waals surface area contributed by atoms with Crippen LogP contribution >= 0.6 is 0 Å². The summed E-state index contributed by atoms with van der Waals surface area (Å²) in [6.45, 7) is 14.6. The topological polar surface area (TPSA) is 41.6 Å². The lowest BCUT2D eigenvalue weighted by molar-refractivity contribution is 0.0258. The Balaban J connectivity index is 2.39. The number of ether oxygens (including phenoxy) is 1. The van der Waals surface area contributed by atoms with Crippen molar-refractivity contribution in [3.8, 4) is 0 Å². The van der Waals surface area contributed by atoms with E-state index in [0.717, 1.165) is 18.4 Å². The van der Waals surface area contributed by atoms with Gasteiger partial charge >= 0.3 is 6.09 Å². The lowest BCUT2D eigenvalue weighted by atomic mass is 9.79. The van der Waals surface area contributed by atoms with Crippen LogP contribution in [0.15, 0.2) is 0 Å². The van der Waals surface area contributed by atoms with E-state index in [0.29, 0.717) is 19.1 Å². The van der Waals surface area contributed by atoms with E-state index < -0.39 is 5.60 Å². The SMILES string of the molecule is CCN(CCNC1C(C)CCCC1C)C(=O)OC(C)(C)C. The van der Waals surface area contributed by atoms with Crippen LogP contribution in [0.25, 0.3) is 0 Å². The summed E-state index contributed by atoms with van der Waals surface area (Å²) in [5.74, 6) is 1.45. The molecule has 2 unspecified atom stereocenters. The van der Waals surface area contributed by atoms with Crippen molar-refractivity contribution in [1.29, 1.82) is 0 Å². The number of amides is 1. The van der Waals surface area contributed by atoms with Crippen LogP contribution in [0.1, 0.15) is 60.8 Å². The van der Waals surface area contributed by atoms with Crippen LogP contribution in [-0.4, -0.2) is 42.3 Å². The molecular weight excluding hydrogens is 264 g/mol. The molecule has 21 heavy (non-hydrogen) atoms. The van der Waals surface area contributed by atoms with Crippen LogP contribution < -0.4 is 5.32 Å². The highest BCUT2D eigenvalue weighted by molar-refractivity contribution is 5.68. The summed E-state index contributed by atoms with van der Waals surface area (Å²) < 4.78 is 5.43. The van der Waals surface area contributed by atoms with Crippen molar-refractivity contribution in [2.45, 2.75) is 72.4 Å². The molecule has 1 fully saturated rings. The Morgan fingerprint density at radius 1 is 1.24 bits per heavy atom. The normalized spacial score (nSPS) is 26.5. The summed E-state index contributed by atoms with van der Waals surface area (Å²) in [5, 5.41) is 3.65. The first kappa shape index (κ1) is 18.3. The summed E-state index contributed by atoms with van der Waals surface area (Å²) in [4.78, 5) is 13.9. The van der Waals surface area contributed by atoms with Crippen LogP contribution in [0, 0.1) is 11.8 Å². The Morgan fingerprint density at radius 3 is 2.29 bits per heavy atom. The first-order chi connectivity index (χ1) is 9.74. The van der Waals surface area contributed by atoms with E-state index in [1.54, 1.807) is 4.90 Å². The first-order valence-electron chi connectivity index (χ1n) is 8.46. The number of rotatable bonds is 5. The van der Waals surface area contributed by atoms with E-state index in [4.69, 9.17) is 4.74 Å². The molecule has 1 aliphatic carbocycles. The van der Waals surface area contributed by atoms with E-state index in [-0.39, 0.29) is 6.09 Å². The van der Waals surface area contributed by atoms with Crippen molar-refractivity contribution < 1.29 is 9.53 Å². The maximum atomic E-state index is 12.1. The quantitative estimate of drug-likeness (QED) is 0.842. The van der Waals surface area contributed by atoms with Gasteiger partial charge in [-0.25, -0.2) is 4.79 Å². The second-order valence-corrected chi connectivity index (χ2v) is 7.43. The van der Waals surface area contributed by atoms with Crippen molar-refractivity contribution in [3.05, 3.63) is 0 Å². The Morgan fingerprint density at radius 2 is 1.81 bits per heavy atom. The number of carbonyl (C=O) groups is 1. The van der Waals surface area contributed by atoms with Crippen LogP contribution in [0.5, 0.6) is 0 Å². The van der Waals surface area contributed by atoms with Gasteiger partial charge < -0.3 is 15.0 Å². The minimum atomic E-state index is -0.426. The predicted molar refractivity (Wildman–Crippen MR) is 87.5 cm³/mol. The van der Waals surface area contributed by atoms with Crippen molar-refractivity contribution >= 4 is 6.09 Å². The van der Waals surface area contributed by atoms with Gasteiger partial charge in [-0.15, -0.1) is 0 Å².